The largest absolute Gasteiger partial charge is 0.356 e. The minimum atomic E-state index is 0.0154. The molecule has 0 aliphatic heterocycles. The minimum absolute atomic E-state index is 0.0154. The van der Waals surface area contributed by atoms with Gasteiger partial charge in [-0.2, -0.15) is 0 Å². The predicted molar refractivity (Wildman–Crippen MR) is 78.9 cm³/mol. The van der Waals surface area contributed by atoms with Gasteiger partial charge in [0.2, 0.25) is 0 Å². The van der Waals surface area contributed by atoms with E-state index >= 15 is 0 Å². The van der Waals surface area contributed by atoms with Crippen molar-refractivity contribution in [3.63, 3.8) is 0 Å². The Labute approximate surface area is 122 Å². The van der Waals surface area contributed by atoms with Crippen molar-refractivity contribution >= 4 is 21.8 Å². The Balaban J connectivity index is 1.67. The number of hydrogen-bond donors (Lipinski definition) is 2. The molecule has 19 heavy (non-hydrogen) atoms. The third-order valence-corrected chi connectivity index (χ3v) is 6.02. The average Bonchev–Trinajstić information content (AvgIpc) is 2.77. The van der Waals surface area contributed by atoms with Crippen LogP contribution in [0.5, 0.6) is 0 Å². The van der Waals surface area contributed by atoms with Crippen molar-refractivity contribution < 1.29 is 4.79 Å². The molecule has 1 amide bonds. The van der Waals surface area contributed by atoms with E-state index in [0.717, 1.165) is 22.7 Å². The number of nitrogens with one attached hydrogen (secondary N) is 2. The van der Waals surface area contributed by atoms with Crippen LogP contribution in [0.2, 0.25) is 0 Å². The Bertz CT molecular complexity index is 508. The fourth-order valence-corrected chi connectivity index (χ4v) is 4.43. The zero-order valence-corrected chi connectivity index (χ0v) is 13.3. The molecule has 0 unspecified atom stereocenters. The van der Waals surface area contributed by atoms with E-state index in [-0.39, 0.29) is 5.91 Å². The summed E-state index contributed by atoms with van der Waals surface area (Å²) in [6, 6.07) is 2.15. The second-order valence-electron chi connectivity index (χ2n) is 6.77. The maximum Gasteiger partial charge on any atom is 0.267 e. The first-order valence-corrected chi connectivity index (χ1v) is 7.83. The van der Waals surface area contributed by atoms with Crippen LogP contribution < -0.4 is 5.32 Å². The Morgan fingerprint density at radius 2 is 2.21 bits per heavy atom. The van der Waals surface area contributed by atoms with E-state index in [4.69, 9.17) is 0 Å². The lowest BCUT2D eigenvalue weighted by Crippen LogP contribution is -2.60. The number of aromatic amines is 1. The Morgan fingerprint density at radius 3 is 2.74 bits per heavy atom. The molecule has 3 fully saturated rings. The second-order valence-corrected chi connectivity index (χ2v) is 7.68. The number of hydrogen-bond acceptors (Lipinski definition) is 1. The third-order valence-electron chi connectivity index (χ3n) is 5.56. The van der Waals surface area contributed by atoms with Crippen molar-refractivity contribution in [3.8, 4) is 0 Å². The van der Waals surface area contributed by atoms with Crippen LogP contribution in [0.25, 0.3) is 0 Å². The molecule has 0 radical (unpaired) electrons. The van der Waals surface area contributed by atoms with Crippen molar-refractivity contribution in [3.05, 3.63) is 22.4 Å². The standard InChI is InChI=1S/C15H21BrN2O/c1-8-11-4-9(15(11,2)3)5-12(8)18-14(19)13-6-10(16)7-17-13/h6-9,11-12,17H,4-5H2,1-3H3,(H,18,19)/t8-,9+,11-,12-/m0/s1. The van der Waals surface area contributed by atoms with Gasteiger partial charge in [-0.05, 0) is 58.0 Å². The van der Waals surface area contributed by atoms with Crippen LogP contribution in [0, 0.1) is 23.2 Å². The molecule has 2 N–H and O–H groups in total. The van der Waals surface area contributed by atoms with Gasteiger partial charge in [-0.15, -0.1) is 0 Å². The van der Waals surface area contributed by atoms with Crippen LogP contribution >= 0.6 is 15.9 Å². The first kappa shape index (κ1) is 13.2. The highest BCUT2D eigenvalue weighted by Crippen LogP contribution is 2.61. The monoisotopic (exact) mass is 324 g/mol. The SMILES string of the molecule is C[C@@H]1[C@@H](NC(=O)c2cc(Br)c[nH]2)C[C@H]2C[C@@H]1C2(C)C. The van der Waals surface area contributed by atoms with Crippen LogP contribution in [0.3, 0.4) is 0 Å². The molecule has 1 heterocycles. The summed E-state index contributed by atoms with van der Waals surface area (Å²) in [4.78, 5) is 15.2. The van der Waals surface area contributed by atoms with Gasteiger partial charge in [-0.3, -0.25) is 4.79 Å². The molecule has 1 aromatic heterocycles. The maximum absolute atomic E-state index is 12.2. The number of fused-ring (bicyclic) bond motifs is 2. The predicted octanol–water partition coefficient (Wildman–Crippen LogP) is 3.58. The number of amides is 1. The summed E-state index contributed by atoms with van der Waals surface area (Å²) in [5, 5.41) is 3.21. The molecule has 1 aromatic rings. The summed E-state index contributed by atoms with van der Waals surface area (Å²) in [6.07, 6.45) is 4.26. The molecule has 3 saturated carbocycles. The Morgan fingerprint density at radius 1 is 1.47 bits per heavy atom. The zero-order chi connectivity index (χ0) is 13.8. The topological polar surface area (TPSA) is 44.9 Å². The fourth-order valence-electron chi connectivity index (χ4n) is 4.09. The summed E-state index contributed by atoms with van der Waals surface area (Å²) < 4.78 is 0.915. The number of aromatic nitrogens is 1. The first-order chi connectivity index (χ1) is 8.89. The van der Waals surface area contributed by atoms with Gasteiger partial charge < -0.3 is 10.3 Å². The number of rotatable bonds is 2. The van der Waals surface area contributed by atoms with E-state index in [0.29, 0.717) is 23.1 Å². The molecule has 0 saturated heterocycles. The van der Waals surface area contributed by atoms with Crippen LogP contribution in [0.1, 0.15) is 44.1 Å². The number of halogens is 1. The van der Waals surface area contributed by atoms with Crippen molar-refractivity contribution in [2.45, 2.75) is 39.7 Å². The van der Waals surface area contributed by atoms with E-state index < -0.39 is 0 Å². The first-order valence-electron chi connectivity index (χ1n) is 7.04. The van der Waals surface area contributed by atoms with Gasteiger partial charge >= 0.3 is 0 Å². The summed E-state index contributed by atoms with van der Waals surface area (Å²) >= 11 is 3.36. The van der Waals surface area contributed by atoms with Crippen LogP contribution in [-0.2, 0) is 0 Å². The van der Waals surface area contributed by atoms with Gasteiger partial charge in [0.25, 0.3) is 5.91 Å². The fraction of sp³-hybridized carbons (Fsp3) is 0.667. The summed E-state index contributed by atoms with van der Waals surface area (Å²) in [5.41, 5.74) is 1.11. The lowest BCUT2D eigenvalue weighted by molar-refractivity contribution is -0.113. The molecule has 3 aliphatic carbocycles. The van der Waals surface area contributed by atoms with Gasteiger partial charge in [-0.25, -0.2) is 0 Å². The molecule has 3 nitrogen and oxygen atoms in total. The summed E-state index contributed by atoms with van der Waals surface area (Å²) in [6.45, 7) is 7.04. The van der Waals surface area contributed by atoms with E-state index in [2.05, 4.69) is 47.0 Å². The molecule has 2 bridgehead atoms. The highest BCUT2D eigenvalue weighted by molar-refractivity contribution is 9.10. The third kappa shape index (κ3) is 2.04. The highest BCUT2D eigenvalue weighted by atomic mass is 79.9. The van der Waals surface area contributed by atoms with Crippen molar-refractivity contribution in [2.75, 3.05) is 0 Å². The Hall–Kier alpha value is -0.770. The maximum atomic E-state index is 12.2. The van der Waals surface area contributed by atoms with E-state index in [1.807, 2.05) is 6.07 Å². The normalized spacial score (nSPS) is 35.6. The lowest BCUT2D eigenvalue weighted by atomic mass is 9.45. The molecule has 4 rings (SSSR count). The number of carbonyl (C=O) groups is 1. The van der Waals surface area contributed by atoms with Gasteiger partial charge in [0.05, 0.1) is 0 Å². The Kier molecular flexibility index (Phi) is 3.04. The highest BCUT2D eigenvalue weighted by Gasteiger charge is 2.56. The molecule has 3 aliphatic rings. The van der Waals surface area contributed by atoms with Crippen LogP contribution in [-0.4, -0.2) is 16.9 Å². The van der Waals surface area contributed by atoms with Crippen molar-refractivity contribution in [1.82, 2.24) is 10.3 Å². The minimum Gasteiger partial charge on any atom is -0.356 e. The van der Waals surface area contributed by atoms with Gasteiger partial charge in [0.15, 0.2) is 0 Å². The summed E-state index contributed by atoms with van der Waals surface area (Å²) in [7, 11) is 0. The number of carbonyl (C=O) groups excluding carboxylic acids is 1. The van der Waals surface area contributed by atoms with E-state index in [9.17, 15) is 4.79 Å². The lowest BCUT2D eigenvalue weighted by Gasteiger charge is -2.62. The number of H-pyrrole nitrogens is 1. The molecule has 104 valence electrons. The molecule has 4 heteroatoms. The smallest absolute Gasteiger partial charge is 0.267 e. The average molecular weight is 325 g/mol. The summed E-state index contributed by atoms with van der Waals surface area (Å²) in [5.74, 6) is 2.12. The van der Waals surface area contributed by atoms with Gasteiger partial charge in [0.1, 0.15) is 5.69 Å². The molecule has 0 spiro atoms. The molecule has 4 atom stereocenters. The quantitative estimate of drug-likeness (QED) is 0.858. The van der Waals surface area contributed by atoms with E-state index in [1.165, 1.54) is 6.42 Å². The van der Waals surface area contributed by atoms with Crippen molar-refractivity contribution in [2.24, 2.45) is 23.2 Å². The molecular weight excluding hydrogens is 304 g/mol. The van der Waals surface area contributed by atoms with E-state index in [1.54, 1.807) is 6.20 Å². The second kappa shape index (κ2) is 4.37. The molecule has 0 aromatic carbocycles. The van der Waals surface area contributed by atoms with Crippen LogP contribution in [0.15, 0.2) is 16.7 Å². The van der Waals surface area contributed by atoms with Crippen molar-refractivity contribution in [1.29, 1.82) is 0 Å². The van der Waals surface area contributed by atoms with Gasteiger partial charge in [0, 0.05) is 16.7 Å². The van der Waals surface area contributed by atoms with Crippen LogP contribution in [0.4, 0.5) is 0 Å². The molecular formula is C15H21BrN2O. The zero-order valence-electron chi connectivity index (χ0n) is 11.7. The van der Waals surface area contributed by atoms with Gasteiger partial charge in [-0.1, -0.05) is 20.8 Å².